The summed E-state index contributed by atoms with van der Waals surface area (Å²) < 4.78 is 14.7. The van der Waals surface area contributed by atoms with Crippen molar-refractivity contribution in [1.29, 1.82) is 0 Å². The molecule has 1 aliphatic heterocycles. The van der Waals surface area contributed by atoms with Gasteiger partial charge in [-0.05, 0) is 62.1 Å². The molecule has 0 radical (unpaired) electrons. The number of hydrogen-bond acceptors (Lipinski definition) is 3. The number of carbonyl (C=O) groups is 2. The number of halogens is 3. The number of benzene rings is 2. The van der Waals surface area contributed by atoms with Crippen LogP contribution in [-0.2, 0) is 6.54 Å². The number of aryl methyl sites for hydroxylation is 1. The first-order chi connectivity index (χ1) is 15.8. The van der Waals surface area contributed by atoms with Crippen LogP contribution in [0.15, 0.2) is 42.5 Å². The zero-order valence-electron chi connectivity index (χ0n) is 18.1. The highest BCUT2D eigenvalue weighted by atomic mass is 35.5. The van der Waals surface area contributed by atoms with E-state index < -0.39 is 5.91 Å². The zero-order chi connectivity index (χ0) is 23.5. The van der Waals surface area contributed by atoms with Crippen molar-refractivity contribution in [2.75, 3.05) is 18.4 Å². The quantitative estimate of drug-likeness (QED) is 0.510. The molecular formula is C24H23Cl2FN4O2. The predicted molar refractivity (Wildman–Crippen MR) is 127 cm³/mol. The number of aromatic nitrogens is 2. The number of anilines is 1. The maximum atomic E-state index is 13.2. The number of nitrogens with zero attached hydrogens (tertiary/aromatic N) is 3. The molecule has 0 atom stereocenters. The van der Waals surface area contributed by atoms with Crippen molar-refractivity contribution >= 4 is 40.7 Å². The topological polar surface area (TPSA) is 67.2 Å². The Labute approximate surface area is 201 Å². The van der Waals surface area contributed by atoms with E-state index in [-0.39, 0.29) is 29.0 Å². The van der Waals surface area contributed by atoms with Gasteiger partial charge in [0.1, 0.15) is 11.0 Å². The highest BCUT2D eigenvalue weighted by Crippen LogP contribution is 2.27. The van der Waals surface area contributed by atoms with Gasteiger partial charge in [-0.2, -0.15) is 5.10 Å². The van der Waals surface area contributed by atoms with Gasteiger partial charge in [-0.3, -0.25) is 9.59 Å². The van der Waals surface area contributed by atoms with Gasteiger partial charge in [0.05, 0.1) is 29.1 Å². The molecule has 2 amide bonds. The third kappa shape index (κ3) is 5.20. The number of amides is 2. The van der Waals surface area contributed by atoms with Crippen LogP contribution in [0.25, 0.3) is 0 Å². The molecule has 1 saturated heterocycles. The highest BCUT2D eigenvalue weighted by molar-refractivity contribution is 6.34. The third-order valence-corrected chi connectivity index (χ3v) is 6.26. The summed E-state index contributed by atoms with van der Waals surface area (Å²) in [7, 11) is 0. The lowest BCUT2D eigenvalue weighted by Crippen LogP contribution is -2.36. The van der Waals surface area contributed by atoms with Crippen LogP contribution in [-0.4, -0.2) is 39.6 Å². The van der Waals surface area contributed by atoms with Gasteiger partial charge in [0.15, 0.2) is 0 Å². The fraction of sp³-hybridized carbons (Fsp3) is 0.292. The fourth-order valence-corrected chi connectivity index (χ4v) is 4.43. The van der Waals surface area contributed by atoms with Gasteiger partial charge in [-0.25, -0.2) is 9.07 Å². The van der Waals surface area contributed by atoms with Crippen molar-refractivity contribution in [2.45, 2.75) is 32.7 Å². The standard InChI is InChI=1S/C24H23Cl2FN4O2/c1-15-21(22(26)31(29-15)14-16-5-8-18(27)9-6-16)23(32)28-20-13-17(25)7-10-19(20)24(33)30-11-3-2-4-12-30/h5-10,13H,2-4,11-12,14H2,1H3,(H,28,32). The average Bonchev–Trinajstić information content (AvgIpc) is 3.08. The fourth-order valence-electron chi connectivity index (χ4n) is 3.94. The van der Waals surface area contributed by atoms with Crippen molar-refractivity contribution in [3.63, 3.8) is 0 Å². The lowest BCUT2D eigenvalue weighted by molar-refractivity contribution is 0.0725. The van der Waals surface area contributed by atoms with Crippen LogP contribution in [0, 0.1) is 12.7 Å². The molecule has 0 bridgehead atoms. The summed E-state index contributed by atoms with van der Waals surface area (Å²) in [5.74, 6) is -0.965. The molecule has 0 aliphatic carbocycles. The molecule has 172 valence electrons. The van der Waals surface area contributed by atoms with Gasteiger partial charge in [0, 0.05) is 18.1 Å². The number of piperidine rings is 1. The molecule has 6 nitrogen and oxygen atoms in total. The maximum Gasteiger partial charge on any atom is 0.260 e. The molecule has 0 spiro atoms. The summed E-state index contributed by atoms with van der Waals surface area (Å²) >= 11 is 12.7. The molecule has 2 aromatic carbocycles. The van der Waals surface area contributed by atoms with Crippen LogP contribution in [0.4, 0.5) is 10.1 Å². The lowest BCUT2D eigenvalue weighted by atomic mass is 10.1. The van der Waals surface area contributed by atoms with E-state index in [4.69, 9.17) is 23.2 Å². The molecule has 33 heavy (non-hydrogen) atoms. The van der Waals surface area contributed by atoms with Crippen molar-refractivity contribution in [1.82, 2.24) is 14.7 Å². The number of carbonyl (C=O) groups excluding carboxylic acids is 2. The van der Waals surface area contributed by atoms with Crippen molar-refractivity contribution in [3.8, 4) is 0 Å². The predicted octanol–water partition coefficient (Wildman–Crippen LogP) is 5.56. The van der Waals surface area contributed by atoms with E-state index >= 15 is 0 Å². The molecular weight excluding hydrogens is 466 g/mol. The van der Waals surface area contributed by atoms with Gasteiger partial charge >= 0.3 is 0 Å². The molecule has 1 aromatic heterocycles. The molecule has 1 aliphatic rings. The Balaban J connectivity index is 1.58. The second kappa shape index (κ2) is 9.93. The summed E-state index contributed by atoms with van der Waals surface area (Å²) in [6.45, 7) is 3.34. The van der Waals surface area contributed by atoms with E-state index in [0.29, 0.717) is 35.1 Å². The molecule has 1 N–H and O–H groups in total. The first-order valence-electron chi connectivity index (χ1n) is 10.7. The van der Waals surface area contributed by atoms with E-state index in [1.165, 1.54) is 16.8 Å². The number of likely N-dealkylation sites (tertiary alicyclic amines) is 1. The first kappa shape index (κ1) is 23.3. The summed E-state index contributed by atoms with van der Waals surface area (Å²) in [6, 6.07) is 10.8. The third-order valence-electron chi connectivity index (χ3n) is 5.64. The summed E-state index contributed by atoms with van der Waals surface area (Å²) in [4.78, 5) is 28.0. The van der Waals surface area contributed by atoms with Crippen LogP contribution >= 0.6 is 23.2 Å². The average molecular weight is 489 g/mol. The van der Waals surface area contributed by atoms with E-state index in [9.17, 15) is 14.0 Å². The molecule has 9 heteroatoms. The van der Waals surface area contributed by atoms with Crippen molar-refractivity contribution < 1.29 is 14.0 Å². The summed E-state index contributed by atoms with van der Waals surface area (Å²) in [5, 5.41) is 7.72. The Hall–Kier alpha value is -2.90. The molecule has 0 saturated carbocycles. The minimum Gasteiger partial charge on any atom is -0.339 e. The summed E-state index contributed by atoms with van der Waals surface area (Å²) in [6.07, 6.45) is 3.03. The van der Waals surface area contributed by atoms with Crippen LogP contribution < -0.4 is 5.32 Å². The van der Waals surface area contributed by atoms with Crippen LogP contribution in [0.2, 0.25) is 10.2 Å². The molecule has 3 aromatic rings. The normalized spacial score (nSPS) is 13.8. The highest BCUT2D eigenvalue weighted by Gasteiger charge is 2.25. The number of rotatable bonds is 5. The van der Waals surface area contributed by atoms with E-state index in [1.807, 2.05) is 0 Å². The van der Waals surface area contributed by atoms with Gasteiger partial charge in [0.2, 0.25) is 0 Å². The minimum atomic E-state index is -0.488. The molecule has 0 unspecified atom stereocenters. The molecule has 2 heterocycles. The van der Waals surface area contributed by atoms with Crippen LogP contribution in [0.5, 0.6) is 0 Å². The Bertz CT molecular complexity index is 1190. The van der Waals surface area contributed by atoms with E-state index in [2.05, 4.69) is 10.4 Å². The van der Waals surface area contributed by atoms with E-state index in [0.717, 1.165) is 24.8 Å². The Morgan fingerprint density at radius 3 is 2.45 bits per heavy atom. The maximum absolute atomic E-state index is 13.2. The Kier molecular flexibility index (Phi) is 7.00. The zero-order valence-corrected chi connectivity index (χ0v) is 19.6. The van der Waals surface area contributed by atoms with Crippen LogP contribution in [0.3, 0.4) is 0 Å². The Morgan fingerprint density at radius 1 is 1.06 bits per heavy atom. The second-order valence-corrected chi connectivity index (χ2v) is 8.83. The van der Waals surface area contributed by atoms with Gasteiger partial charge in [-0.1, -0.05) is 35.3 Å². The SMILES string of the molecule is Cc1nn(Cc2ccc(F)cc2)c(Cl)c1C(=O)Nc1cc(Cl)ccc1C(=O)N1CCCCC1. The van der Waals surface area contributed by atoms with Crippen molar-refractivity contribution in [3.05, 3.63) is 80.8 Å². The monoisotopic (exact) mass is 488 g/mol. The summed E-state index contributed by atoms with van der Waals surface area (Å²) in [5.41, 5.74) is 2.13. The van der Waals surface area contributed by atoms with Gasteiger partial charge in [-0.15, -0.1) is 0 Å². The van der Waals surface area contributed by atoms with E-state index in [1.54, 1.807) is 42.2 Å². The first-order valence-corrected chi connectivity index (χ1v) is 11.5. The molecule has 1 fully saturated rings. The largest absolute Gasteiger partial charge is 0.339 e. The molecule has 4 rings (SSSR count). The lowest BCUT2D eigenvalue weighted by Gasteiger charge is -2.27. The van der Waals surface area contributed by atoms with Crippen LogP contribution in [0.1, 0.15) is 51.2 Å². The Morgan fingerprint density at radius 2 is 1.76 bits per heavy atom. The number of hydrogen-bond donors (Lipinski definition) is 1. The van der Waals surface area contributed by atoms with Gasteiger partial charge < -0.3 is 10.2 Å². The second-order valence-electron chi connectivity index (χ2n) is 8.03. The van der Waals surface area contributed by atoms with Gasteiger partial charge in [0.25, 0.3) is 11.8 Å². The smallest absolute Gasteiger partial charge is 0.260 e. The number of nitrogens with one attached hydrogen (secondary N) is 1. The van der Waals surface area contributed by atoms with Crippen molar-refractivity contribution in [2.24, 2.45) is 0 Å². The minimum absolute atomic E-state index is 0.142.